The van der Waals surface area contributed by atoms with Gasteiger partial charge in [-0.15, -0.1) is 0 Å². The van der Waals surface area contributed by atoms with Crippen molar-refractivity contribution in [1.29, 1.82) is 5.26 Å². The summed E-state index contributed by atoms with van der Waals surface area (Å²) in [6.07, 6.45) is 3.40. The van der Waals surface area contributed by atoms with Crippen LogP contribution in [0.5, 0.6) is 5.75 Å². The molecular weight excluding hydrogens is 268 g/mol. The molecule has 21 heavy (non-hydrogen) atoms. The number of rotatable bonds is 5. The van der Waals surface area contributed by atoms with Crippen molar-refractivity contribution >= 4 is 11.6 Å². The van der Waals surface area contributed by atoms with Gasteiger partial charge in [0, 0.05) is 7.11 Å². The fraction of sp³-hybridized carbons (Fsp3) is 0.500. The van der Waals surface area contributed by atoms with Crippen LogP contribution < -0.4 is 10.1 Å². The molecule has 0 bridgehead atoms. The molecule has 5 heteroatoms. The highest BCUT2D eigenvalue weighted by atomic mass is 16.5. The molecule has 0 radical (unpaired) electrons. The molecule has 1 aliphatic carbocycles. The second-order valence-electron chi connectivity index (χ2n) is 5.11. The molecule has 1 aliphatic rings. The Labute approximate surface area is 124 Å². The first-order valence-electron chi connectivity index (χ1n) is 7.19. The van der Waals surface area contributed by atoms with E-state index in [1.165, 1.54) is 0 Å². The number of nitrogens with zero attached hydrogens (tertiary/aromatic N) is 1. The molecule has 0 heterocycles. The van der Waals surface area contributed by atoms with Gasteiger partial charge < -0.3 is 14.8 Å². The Balaban J connectivity index is 2.19. The van der Waals surface area contributed by atoms with Crippen LogP contribution in [0.15, 0.2) is 18.2 Å². The Morgan fingerprint density at radius 3 is 2.71 bits per heavy atom. The standard InChI is InChI=1S/C16H20N2O3/c1-3-21-13-6-7-14(12(10-13)11-17)18-15(19)16(20-2)8-4-5-9-16/h6-7,10H,3-5,8-9H2,1-2H3,(H,18,19). The first-order valence-corrected chi connectivity index (χ1v) is 7.19. The average molecular weight is 288 g/mol. The van der Waals surface area contributed by atoms with Crippen molar-refractivity contribution in [3.8, 4) is 11.8 Å². The van der Waals surface area contributed by atoms with E-state index >= 15 is 0 Å². The van der Waals surface area contributed by atoms with Gasteiger partial charge in [0.1, 0.15) is 17.4 Å². The van der Waals surface area contributed by atoms with Crippen molar-refractivity contribution in [3.63, 3.8) is 0 Å². The molecule has 1 fully saturated rings. The normalized spacial score (nSPS) is 16.2. The van der Waals surface area contributed by atoms with Gasteiger partial charge in [-0.05, 0) is 50.8 Å². The summed E-state index contributed by atoms with van der Waals surface area (Å²) >= 11 is 0. The zero-order chi connectivity index (χ0) is 15.3. The highest BCUT2D eigenvalue weighted by Crippen LogP contribution is 2.34. The van der Waals surface area contributed by atoms with Crippen molar-refractivity contribution in [2.24, 2.45) is 0 Å². The van der Waals surface area contributed by atoms with Gasteiger partial charge in [-0.3, -0.25) is 4.79 Å². The van der Waals surface area contributed by atoms with Crippen LogP contribution in [0.25, 0.3) is 0 Å². The highest BCUT2D eigenvalue weighted by molar-refractivity contribution is 5.98. The van der Waals surface area contributed by atoms with Crippen molar-refractivity contribution in [3.05, 3.63) is 23.8 Å². The average Bonchev–Trinajstić information content (AvgIpc) is 2.99. The zero-order valence-electron chi connectivity index (χ0n) is 12.4. The lowest BCUT2D eigenvalue weighted by atomic mass is 10.0. The zero-order valence-corrected chi connectivity index (χ0v) is 12.4. The van der Waals surface area contributed by atoms with Gasteiger partial charge in [0.05, 0.1) is 17.9 Å². The Kier molecular flexibility index (Phi) is 4.81. The summed E-state index contributed by atoms with van der Waals surface area (Å²) in [6, 6.07) is 7.16. The van der Waals surface area contributed by atoms with E-state index in [0.717, 1.165) is 12.8 Å². The Hall–Kier alpha value is -2.06. The molecule has 1 N–H and O–H groups in total. The van der Waals surface area contributed by atoms with E-state index in [-0.39, 0.29) is 5.91 Å². The first kappa shape index (κ1) is 15.3. The van der Waals surface area contributed by atoms with Crippen LogP contribution in [0.4, 0.5) is 5.69 Å². The number of carbonyl (C=O) groups excluding carboxylic acids is 1. The molecule has 0 saturated heterocycles. The van der Waals surface area contributed by atoms with E-state index in [4.69, 9.17) is 9.47 Å². The van der Waals surface area contributed by atoms with Crippen molar-refractivity contribution in [1.82, 2.24) is 0 Å². The van der Waals surface area contributed by atoms with Gasteiger partial charge in [0.15, 0.2) is 0 Å². The summed E-state index contributed by atoms with van der Waals surface area (Å²) in [4.78, 5) is 12.5. The molecule has 0 aromatic heterocycles. The Morgan fingerprint density at radius 2 is 2.14 bits per heavy atom. The minimum absolute atomic E-state index is 0.178. The van der Waals surface area contributed by atoms with E-state index in [0.29, 0.717) is 36.4 Å². The predicted octanol–water partition coefficient (Wildman–Crippen LogP) is 2.85. The first-order chi connectivity index (χ1) is 10.1. The number of anilines is 1. The monoisotopic (exact) mass is 288 g/mol. The lowest BCUT2D eigenvalue weighted by Gasteiger charge is -2.26. The number of methoxy groups -OCH3 is 1. The van der Waals surface area contributed by atoms with Crippen LogP contribution in [0, 0.1) is 11.3 Å². The molecule has 1 saturated carbocycles. The molecular formula is C16H20N2O3. The van der Waals surface area contributed by atoms with Gasteiger partial charge in [0.2, 0.25) is 0 Å². The summed E-state index contributed by atoms with van der Waals surface area (Å²) < 4.78 is 10.8. The quantitative estimate of drug-likeness (QED) is 0.904. The third kappa shape index (κ3) is 3.17. The molecule has 1 aromatic rings. The largest absolute Gasteiger partial charge is 0.494 e. The molecule has 0 spiro atoms. The second-order valence-corrected chi connectivity index (χ2v) is 5.11. The third-order valence-electron chi connectivity index (χ3n) is 3.89. The molecule has 0 aliphatic heterocycles. The summed E-state index contributed by atoms with van der Waals surface area (Å²) in [6.45, 7) is 2.41. The molecule has 1 amide bonds. The number of nitrogens with one attached hydrogen (secondary N) is 1. The molecule has 1 aromatic carbocycles. The summed E-state index contributed by atoms with van der Waals surface area (Å²) in [5, 5.41) is 12.0. The maximum absolute atomic E-state index is 12.5. The minimum atomic E-state index is -0.759. The summed E-state index contributed by atoms with van der Waals surface area (Å²) in [7, 11) is 1.56. The SMILES string of the molecule is CCOc1ccc(NC(=O)C2(OC)CCCC2)c(C#N)c1. The highest BCUT2D eigenvalue weighted by Gasteiger charge is 2.41. The van der Waals surface area contributed by atoms with Crippen LogP contribution >= 0.6 is 0 Å². The fourth-order valence-corrected chi connectivity index (χ4v) is 2.69. The number of amides is 1. The van der Waals surface area contributed by atoms with Gasteiger partial charge in [-0.25, -0.2) is 0 Å². The topological polar surface area (TPSA) is 71.3 Å². The number of ether oxygens (including phenoxy) is 2. The maximum Gasteiger partial charge on any atom is 0.256 e. The van der Waals surface area contributed by atoms with E-state index in [1.54, 1.807) is 25.3 Å². The third-order valence-corrected chi connectivity index (χ3v) is 3.89. The van der Waals surface area contributed by atoms with E-state index in [1.807, 2.05) is 6.92 Å². The van der Waals surface area contributed by atoms with Crippen LogP contribution in [0.1, 0.15) is 38.2 Å². The molecule has 5 nitrogen and oxygen atoms in total. The number of nitriles is 1. The smallest absolute Gasteiger partial charge is 0.256 e. The molecule has 2 rings (SSSR count). The van der Waals surface area contributed by atoms with E-state index < -0.39 is 5.60 Å². The molecule has 112 valence electrons. The Bertz CT molecular complexity index is 557. The summed E-state index contributed by atoms with van der Waals surface area (Å²) in [5.74, 6) is 0.442. The summed E-state index contributed by atoms with van der Waals surface area (Å²) in [5.41, 5.74) is 0.124. The van der Waals surface area contributed by atoms with E-state index in [9.17, 15) is 10.1 Å². The van der Waals surface area contributed by atoms with E-state index in [2.05, 4.69) is 11.4 Å². The molecule has 0 unspecified atom stereocenters. The minimum Gasteiger partial charge on any atom is -0.494 e. The van der Waals surface area contributed by atoms with Gasteiger partial charge in [0.25, 0.3) is 5.91 Å². The van der Waals surface area contributed by atoms with Crippen LogP contribution in [-0.4, -0.2) is 25.2 Å². The van der Waals surface area contributed by atoms with Crippen LogP contribution in [0.3, 0.4) is 0 Å². The number of carbonyl (C=O) groups is 1. The fourth-order valence-electron chi connectivity index (χ4n) is 2.69. The molecule has 0 atom stereocenters. The van der Waals surface area contributed by atoms with Crippen LogP contribution in [-0.2, 0) is 9.53 Å². The Morgan fingerprint density at radius 1 is 1.43 bits per heavy atom. The second kappa shape index (κ2) is 6.59. The van der Waals surface area contributed by atoms with Crippen LogP contribution in [0.2, 0.25) is 0 Å². The number of hydrogen-bond acceptors (Lipinski definition) is 4. The number of benzene rings is 1. The number of hydrogen-bond donors (Lipinski definition) is 1. The lowest BCUT2D eigenvalue weighted by Crippen LogP contribution is -2.42. The lowest BCUT2D eigenvalue weighted by molar-refractivity contribution is -0.137. The van der Waals surface area contributed by atoms with Crippen molar-refractivity contribution in [2.75, 3.05) is 19.0 Å². The predicted molar refractivity (Wildman–Crippen MR) is 79.2 cm³/mol. The van der Waals surface area contributed by atoms with Gasteiger partial charge >= 0.3 is 0 Å². The van der Waals surface area contributed by atoms with Gasteiger partial charge in [-0.1, -0.05) is 0 Å². The maximum atomic E-state index is 12.5. The van der Waals surface area contributed by atoms with Crippen molar-refractivity contribution in [2.45, 2.75) is 38.2 Å². The van der Waals surface area contributed by atoms with Gasteiger partial charge in [-0.2, -0.15) is 5.26 Å². The van der Waals surface area contributed by atoms with Crippen molar-refractivity contribution < 1.29 is 14.3 Å².